The van der Waals surface area contributed by atoms with E-state index in [-0.39, 0.29) is 175 Å². The van der Waals surface area contributed by atoms with E-state index in [1.165, 1.54) is 61.7 Å². The zero-order valence-corrected chi connectivity index (χ0v) is 79.2. The summed E-state index contributed by atoms with van der Waals surface area (Å²) in [6.45, 7) is 18.2. The third-order valence-corrected chi connectivity index (χ3v) is 23.2. The Morgan fingerprint density at radius 3 is 1.64 bits per heavy atom. The first-order valence-electron chi connectivity index (χ1n) is 44.8. The van der Waals surface area contributed by atoms with Crippen LogP contribution in [-0.4, -0.2) is 292 Å². The number of rotatable bonds is 64. The molecule has 1 aliphatic rings. The van der Waals surface area contributed by atoms with Crippen molar-refractivity contribution >= 4 is 130 Å². The fourth-order valence-electron chi connectivity index (χ4n) is 13.5. The predicted molar refractivity (Wildman–Crippen MR) is 488 cm³/mol. The Morgan fingerprint density at radius 2 is 1.09 bits per heavy atom. The molecule has 2 heterocycles. The molecule has 0 fully saturated rings. The van der Waals surface area contributed by atoms with Crippen molar-refractivity contribution in [1.29, 1.82) is 0 Å². The Labute approximate surface area is 782 Å². The van der Waals surface area contributed by atoms with Gasteiger partial charge in [0.05, 0.1) is 37.7 Å². The molecular formula is C90H134N16O27S. The standard InChI is InChI=1S/C90H134N16O27S/c1-14-54(6)77(103-88(129)90(9,10)104(11)12)85(124)105(13)66(52(2)3)50-68(133-56(8)107)84-99-65(51-134-84)82(122)96-60(29-36-74(114)115)48-57-24-32-67(108)64(49-57)98-78(118)55(7)95-83(123)76(53(4)5)102-81(121)61(97-71(111)23-21-43-106-72(112)34-35-73(106)113)22-17-20-40-92-70(110)38-44-131-46-47-132-45-42-94-80(120)59-27-25-58(26-28-59)79(119)93-41-19-16-15-18-39-91-69(109)33-30-62(86(125)126)100-89(130)101-63(87(127)128)31-37-75(116)117/h24-28,32,34-35,49,51-55,60-63,66,68,76-77,108H,14-23,29-31,33,36-48,50H2,1-13H3,(H,91,109)(H,92,110)(H,93,119)(H,94,120)(H,95,123)(H,96,122)(H,97,111)(H,98,118)(H,102,121)(H,103,129)(H,114,115)(H,116,117)(H,125,126)(H,127,128)(H2,100,101,130)/t54-,55-,60+,61-,62-,63-,66+,68+,76-,77-/m0/s1. The van der Waals surface area contributed by atoms with Gasteiger partial charge in [-0.05, 0) is 159 Å². The fourth-order valence-corrected chi connectivity index (χ4v) is 14.4. The van der Waals surface area contributed by atoms with Crippen LogP contribution in [0.2, 0.25) is 0 Å². The Bertz CT molecular complexity index is 4520. The predicted octanol–water partition coefficient (Wildman–Crippen LogP) is 3.57. The summed E-state index contributed by atoms with van der Waals surface area (Å²) in [5, 5.41) is 81.4. The van der Waals surface area contributed by atoms with E-state index in [4.69, 9.17) is 19.3 Å². The quantitative estimate of drug-likeness (QED) is 0.0166. The number of esters is 1. The molecule has 15 amide bonds. The van der Waals surface area contributed by atoms with Crippen molar-refractivity contribution in [1.82, 2.24) is 78.2 Å². The number of imide groups is 1. The number of nitrogens with zero attached hydrogens (tertiary/aromatic N) is 4. The second-order valence-electron chi connectivity index (χ2n) is 34.0. The van der Waals surface area contributed by atoms with Gasteiger partial charge in [-0.3, -0.25) is 86.5 Å². The number of urea groups is 1. The first kappa shape index (κ1) is 114. The Balaban J connectivity index is 1.23. The van der Waals surface area contributed by atoms with Gasteiger partial charge in [0, 0.05) is 126 Å². The van der Waals surface area contributed by atoms with Gasteiger partial charge in [0.15, 0.2) is 6.10 Å². The maximum absolute atomic E-state index is 14.4. The number of likely N-dealkylation sites (N-methyl/N-ethyl adjacent to an activating group) is 2. The number of amides is 15. The maximum Gasteiger partial charge on any atom is 0.326 e. The fraction of sp³-hybridized carbons (Fsp3) is 0.600. The van der Waals surface area contributed by atoms with E-state index in [2.05, 4.69) is 63.5 Å². The smallest absolute Gasteiger partial charge is 0.326 e. The van der Waals surface area contributed by atoms with E-state index in [1.54, 1.807) is 58.6 Å². The average molecular weight is 1900 g/mol. The van der Waals surface area contributed by atoms with E-state index in [0.29, 0.717) is 61.8 Å². The van der Waals surface area contributed by atoms with Gasteiger partial charge in [-0.15, -0.1) is 11.3 Å². The summed E-state index contributed by atoms with van der Waals surface area (Å²) >= 11 is 1.03. The van der Waals surface area contributed by atoms with E-state index in [0.717, 1.165) is 28.4 Å². The molecule has 0 spiro atoms. The molecule has 0 radical (unpaired) electrons. The molecule has 17 N–H and O–H groups in total. The van der Waals surface area contributed by atoms with Crippen LogP contribution in [0.3, 0.4) is 0 Å². The topological polar surface area (TPSA) is 620 Å². The first-order valence-corrected chi connectivity index (χ1v) is 45.7. The van der Waals surface area contributed by atoms with E-state index >= 15 is 0 Å². The second kappa shape index (κ2) is 58.4. The number of carbonyl (C=O) groups is 19. The lowest BCUT2D eigenvalue weighted by atomic mass is 9.92. The van der Waals surface area contributed by atoms with Gasteiger partial charge < -0.3 is 108 Å². The van der Waals surface area contributed by atoms with Crippen molar-refractivity contribution in [3.8, 4) is 5.75 Å². The SMILES string of the molecule is CC[C@H](C)[C@H](NC(=O)C(C)(C)N(C)C)C(=O)N(C)[C@H](C[C@@H](OC(C)=O)c1nc(C(=O)N[C@H](CCC(=O)O)Cc2ccc(O)c(NC(=O)[C@H](C)NC(=O)[C@@H](NC(=O)[C@H](CCCCNC(=O)CCOCCOCCNC(=O)c3ccc(C(=O)NCCCCCCNC(=O)CC[C@H](NC(=O)N[C@@H](CCC(=O)O)C(=O)O)C(=O)O)cc3)NC(=O)CCCN3C(=O)C=CC3=O)C(C)C)c2)cs1)C(C)C. The monoisotopic (exact) mass is 1900 g/mol. The molecule has 4 rings (SSSR count). The van der Waals surface area contributed by atoms with Crippen molar-refractivity contribution in [2.45, 2.75) is 251 Å². The summed E-state index contributed by atoms with van der Waals surface area (Å²) in [6, 6.07) is -0.246. The van der Waals surface area contributed by atoms with Crippen molar-refractivity contribution in [3.05, 3.63) is 87.4 Å². The molecule has 0 saturated carbocycles. The Morgan fingerprint density at radius 1 is 0.537 bits per heavy atom. The summed E-state index contributed by atoms with van der Waals surface area (Å²) in [5.74, 6) is -14.6. The number of phenolic OH excluding ortho intramolecular Hbond substituents is 1. The molecule has 43 nitrogen and oxygen atoms in total. The molecular weight excluding hydrogens is 1770 g/mol. The number of nitrogens with one attached hydrogen (secondary N) is 12. The number of ether oxygens (including phenoxy) is 3. The molecule has 44 heteroatoms. The van der Waals surface area contributed by atoms with Crippen LogP contribution in [0.15, 0.2) is 60.0 Å². The number of phenols is 1. The summed E-state index contributed by atoms with van der Waals surface area (Å²) < 4.78 is 16.9. The van der Waals surface area contributed by atoms with Gasteiger partial charge >= 0.3 is 35.9 Å². The van der Waals surface area contributed by atoms with Crippen LogP contribution >= 0.6 is 11.3 Å². The average Bonchev–Trinajstić information content (AvgIpc) is 1.29. The minimum Gasteiger partial charge on any atom is -0.506 e. The lowest BCUT2D eigenvalue weighted by Gasteiger charge is -2.38. The van der Waals surface area contributed by atoms with E-state index in [1.807, 2.05) is 33.0 Å². The molecule has 134 heavy (non-hydrogen) atoms. The third-order valence-electron chi connectivity index (χ3n) is 22.3. The van der Waals surface area contributed by atoms with Crippen LogP contribution in [0, 0.1) is 17.8 Å². The van der Waals surface area contributed by atoms with Gasteiger partial charge in [-0.2, -0.15) is 0 Å². The van der Waals surface area contributed by atoms with Gasteiger partial charge in [0.2, 0.25) is 47.3 Å². The van der Waals surface area contributed by atoms with Crippen LogP contribution in [-0.2, 0) is 92.5 Å². The largest absolute Gasteiger partial charge is 0.506 e. The highest BCUT2D eigenvalue weighted by Crippen LogP contribution is 2.32. The molecule has 0 bridgehead atoms. The maximum atomic E-state index is 14.4. The number of hydrogen-bond acceptors (Lipinski definition) is 26. The minimum absolute atomic E-state index is 0.0112. The molecule has 0 aliphatic carbocycles. The number of hydrogen-bond donors (Lipinski definition) is 17. The first-order chi connectivity index (χ1) is 63.2. The number of carboxylic acid groups (broad SMARTS) is 4. The molecule has 1 aromatic heterocycles. The molecule has 0 unspecified atom stereocenters. The zero-order valence-electron chi connectivity index (χ0n) is 78.4. The number of aromatic hydroxyl groups is 1. The zero-order chi connectivity index (χ0) is 100. The van der Waals surface area contributed by atoms with Crippen molar-refractivity contribution in [3.63, 3.8) is 0 Å². The highest BCUT2D eigenvalue weighted by molar-refractivity contribution is 7.09. The molecule has 2 aromatic carbocycles. The molecule has 742 valence electrons. The van der Waals surface area contributed by atoms with Crippen LogP contribution in [0.4, 0.5) is 10.5 Å². The molecule has 3 aromatic rings. The van der Waals surface area contributed by atoms with Gasteiger partial charge in [-0.1, -0.05) is 66.9 Å². The van der Waals surface area contributed by atoms with Crippen molar-refractivity contribution < 1.29 is 131 Å². The highest BCUT2D eigenvalue weighted by atomic mass is 32.1. The van der Waals surface area contributed by atoms with Gasteiger partial charge in [0.25, 0.3) is 29.5 Å². The van der Waals surface area contributed by atoms with E-state index < -0.39 is 174 Å². The lowest BCUT2D eigenvalue weighted by molar-refractivity contribution is -0.149. The number of carboxylic acids is 4. The Hall–Kier alpha value is -12.6. The van der Waals surface area contributed by atoms with Crippen LogP contribution in [0.5, 0.6) is 5.75 Å². The number of anilines is 1. The van der Waals surface area contributed by atoms with Gasteiger partial charge in [0.1, 0.15) is 52.7 Å². The van der Waals surface area contributed by atoms with Crippen molar-refractivity contribution in [2.75, 3.05) is 85.6 Å². The summed E-state index contributed by atoms with van der Waals surface area (Å²) in [5.41, 5.74) is -0.104. The van der Waals surface area contributed by atoms with Crippen molar-refractivity contribution in [2.24, 2.45) is 17.8 Å². The number of unbranched alkanes of at least 4 members (excludes halogenated alkanes) is 4. The van der Waals surface area contributed by atoms with Crippen LogP contribution in [0.25, 0.3) is 0 Å². The summed E-state index contributed by atoms with van der Waals surface area (Å²) in [6.07, 6.45) is 2.84. The lowest BCUT2D eigenvalue weighted by Crippen LogP contribution is -2.60. The van der Waals surface area contributed by atoms with Crippen LogP contribution < -0.4 is 63.8 Å². The van der Waals surface area contributed by atoms with E-state index in [9.17, 15) is 112 Å². The molecule has 0 saturated heterocycles. The van der Waals surface area contributed by atoms with Crippen LogP contribution in [0.1, 0.15) is 233 Å². The second-order valence-corrected chi connectivity index (χ2v) is 34.9. The minimum atomic E-state index is -1.58. The normalized spacial score (nSPS) is 14.1. The molecule has 10 atom stereocenters. The number of thiazole rings is 1. The summed E-state index contributed by atoms with van der Waals surface area (Å²) in [7, 11) is 5.15. The number of aliphatic carboxylic acids is 4. The Kier molecular flexibility index (Phi) is 49.6. The number of aromatic nitrogens is 1. The van der Waals surface area contributed by atoms with Gasteiger partial charge in [-0.25, -0.2) is 19.4 Å². The highest BCUT2D eigenvalue weighted by Gasteiger charge is 2.40. The number of benzene rings is 2. The molecule has 1 aliphatic heterocycles. The number of carbonyl (C=O) groups excluding carboxylic acids is 15. The summed E-state index contributed by atoms with van der Waals surface area (Å²) in [4.78, 5) is 252. The third kappa shape index (κ3) is 40.9.